The third kappa shape index (κ3) is 4.13. The Morgan fingerprint density at radius 3 is 2.59 bits per heavy atom. The molecule has 0 atom stereocenters. The molecule has 4 heteroatoms. The number of esters is 1. The number of benzene rings is 1. The molecule has 120 valence electrons. The first kappa shape index (κ1) is 17.8. The molecule has 0 amide bonds. The van der Waals surface area contributed by atoms with E-state index in [-0.39, 0.29) is 11.3 Å². The minimum Gasteiger partial charge on any atom is -0.507 e. The van der Waals surface area contributed by atoms with E-state index in [9.17, 15) is 9.90 Å². The van der Waals surface area contributed by atoms with Gasteiger partial charge in [0.05, 0.1) is 14.2 Å². The lowest BCUT2D eigenvalue weighted by molar-refractivity contribution is 0.0597. The van der Waals surface area contributed by atoms with Gasteiger partial charge in [-0.3, -0.25) is 0 Å². The summed E-state index contributed by atoms with van der Waals surface area (Å²) in [5.74, 6) is -0.0853. The van der Waals surface area contributed by atoms with Gasteiger partial charge >= 0.3 is 5.97 Å². The number of methoxy groups -OCH3 is 2. The van der Waals surface area contributed by atoms with Gasteiger partial charge in [0.15, 0.2) is 0 Å². The molecule has 0 aliphatic rings. The average molecular weight is 304 g/mol. The van der Waals surface area contributed by atoms with Crippen molar-refractivity contribution in [3.05, 3.63) is 41.0 Å². The fourth-order valence-electron chi connectivity index (χ4n) is 2.16. The lowest BCUT2D eigenvalue weighted by Crippen LogP contribution is -2.07. The first-order valence-electron chi connectivity index (χ1n) is 7.28. The highest BCUT2D eigenvalue weighted by molar-refractivity contribution is 5.97. The van der Waals surface area contributed by atoms with Gasteiger partial charge in [-0.1, -0.05) is 24.6 Å². The molecule has 0 aromatic heterocycles. The number of aromatic hydroxyl groups is 1. The minimum absolute atomic E-state index is 0.0804. The molecule has 0 saturated heterocycles. The van der Waals surface area contributed by atoms with Crippen molar-refractivity contribution in [2.45, 2.75) is 33.1 Å². The Hall–Kier alpha value is -2.23. The van der Waals surface area contributed by atoms with E-state index in [2.05, 4.69) is 6.58 Å². The van der Waals surface area contributed by atoms with Crippen molar-refractivity contribution in [2.24, 2.45) is 0 Å². The molecule has 0 aliphatic carbocycles. The van der Waals surface area contributed by atoms with Crippen LogP contribution in [0, 0.1) is 0 Å². The van der Waals surface area contributed by atoms with Gasteiger partial charge in [0.25, 0.3) is 0 Å². The van der Waals surface area contributed by atoms with Gasteiger partial charge in [0.1, 0.15) is 17.1 Å². The second-order valence-electron chi connectivity index (χ2n) is 5.13. The van der Waals surface area contributed by atoms with Crippen molar-refractivity contribution in [3.63, 3.8) is 0 Å². The summed E-state index contributed by atoms with van der Waals surface area (Å²) in [6.45, 7) is 7.77. The third-order valence-electron chi connectivity index (χ3n) is 3.34. The normalized spacial score (nSPS) is 10.7. The summed E-state index contributed by atoms with van der Waals surface area (Å²) in [4.78, 5) is 12.0. The van der Waals surface area contributed by atoms with Crippen LogP contribution in [0.1, 0.15) is 48.2 Å². The maximum Gasteiger partial charge on any atom is 0.342 e. The highest BCUT2D eigenvalue weighted by Crippen LogP contribution is 2.36. The lowest BCUT2D eigenvalue weighted by atomic mass is 9.96. The Morgan fingerprint density at radius 1 is 1.41 bits per heavy atom. The first-order chi connectivity index (χ1) is 10.5. The van der Waals surface area contributed by atoms with E-state index in [4.69, 9.17) is 9.47 Å². The van der Waals surface area contributed by atoms with Gasteiger partial charge in [0, 0.05) is 5.56 Å². The smallest absolute Gasteiger partial charge is 0.342 e. The van der Waals surface area contributed by atoms with E-state index >= 15 is 0 Å². The topological polar surface area (TPSA) is 55.8 Å². The number of carbonyl (C=O) groups excluding carboxylic acids is 1. The molecule has 0 radical (unpaired) electrons. The molecule has 1 rings (SSSR count). The molecule has 0 fully saturated rings. The maximum atomic E-state index is 12.0. The van der Waals surface area contributed by atoms with Crippen LogP contribution in [0.2, 0.25) is 0 Å². The lowest BCUT2D eigenvalue weighted by Gasteiger charge is -2.16. The Labute approximate surface area is 132 Å². The number of carbonyl (C=O) groups is 1. The highest BCUT2D eigenvalue weighted by atomic mass is 16.5. The first-order valence-corrected chi connectivity index (χ1v) is 7.28. The van der Waals surface area contributed by atoms with Crippen molar-refractivity contribution in [2.75, 3.05) is 14.2 Å². The quantitative estimate of drug-likeness (QED) is 0.608. The standard InChI is InChI=1S/C18H24O4/c1-6-7-8-13-11-15(21-4)14(10-9-12(2)3)17(19)16(13)18(20)22-5/h7-8,11,19H,2,6,9-10H2,1,3-5H3/b8-7+. The van der Waals surface area contributed by atoms with Gasteiger partial charge < -0.3 is 14.6 Å². The predicted octanol–water partition coefficient (Wildman–Crippen LogP) is 4.12. The zero-order valence-corrected chi connectivity index (χ0v) is 13.7. The van der Waals surface area contributed by atoms with E-state index in [0.717, 1.165) is 12.0 Å². The molecular weight excluding hydrogens is 280 g/mol. The Balaban J connectivity index is 3.48. The zero-order chi connectivity index (χ0) is 16.7. The van der Waals surface area contributed by atoms with E-state index in [1.54, 1.807) is 19.3 Å². The Morgan fingerprint density at radius 2 is 2.09 bits per heavy atom. The summed E-state index contributed by atoms with van der Waals surface area (Å²) in [7, 11) is 2.84. The zero-order valence-electron chi connectivity index (χ0n) is 13.7. The molecule has 4 nitrogen and oxygen atoms in total. The largest absolute Gasteiger partial charge is 0.507 e. The van der Waals surface area contributed by atoms with Crippen LogP contribution in [0.3, 0.4) is 0 Å². The van der Waals surface area contributed by atoms with E-state index < -0.39 is 5.97 Å². The average Bonchev–Trinajstić information content (AvgIpc) is 2.50. The van der Waals surface area contributed by atoms with Crippen LogP contribution >= 0.6 is 0 Å². The van der Waals surface area contributed by atoms with Crippen LogP contribution in [-0.4, -0.2) is 25.3 Å². The molecule has 0 heterocycles. The SMILES string of the molecule is C=C(C)CCc1c(OC)cc(/C=C/CC)c(C(=O)OC)c1O. The van der Waals surface area contributed by atoms with Crippen LogP contribution in [0.5, 0.6) is 11.5 Å². The van der Waals surface area contributed by atoms with Gasteiger partial charge in [0.2, 0.25) is 0 Å². The van der Waals surface area contributed by atoms with E-state index in [1.807, 2.05) is 19.9 Å². The fraction of sp³-hybridized carbons (Fsp3) is 0.389. The fourth-order valence-corrected chi connectivity index (χ4v) is 2.16. The van der Waals surface area contributed by atoms with Crippen molar-refractivity contribution in [1.29, 1.82) is 0 Å². The number of allylic oxidation sites excluding steroid dienone is 2. The third-order valence-corrected chi connectivity index (χ3v) is 3.34. The summed E-state index contributed by atoms with van der Waals surface area (Å²) in [5.41, 5.74) is 2.35. The molecule has 0 aliphatic heterocycles. The molecule has 0 saturated carbocycles. The van der Waals surface area contributed by atoms with Crippen LogP contribution in [0.15, 0.2) is 24.3 Å². The molecule has 1 aromatic carbocycles. The summed E-state index contributed by atoms with van der Waals surface area (Å²) >= 11 is 0. The number of rotatable bonds is 7. The van der Waals surface area contributed by atoms with E-state index in [1.165, 1.54) is 7.11 Å². The van der Waals surface area contributed by atoms with Crippen molar-refractivity contribution in [1.82, 2.24) is 0 Å². The molecule has 0 unspecified atom stereocenters. The molecule has 1 N–H and O–H groups in total. The van der Waals surface area contributed by atoms with Gasteiger partial charge in [-0.05, 0) is 37.8 Å². The number of phenols is 1. The van der Waals surface area contributed by atoms with Crippen molar-refractivity contribution >= 4 is 12.0 Å². The number of hydrogen-bond acceptors (Lipinski definition) is 4. The summed E-state index contributed by atoms with van der Waals surface area (Å²) in [5, 5.41) is 10.6. The van der Waals surface area contributed by atoms with Crippen molar-refractivity contribution in [3.8, 4) is 11.5 Å². The second kappa shape index (κ2) is 8.27. The van der Waals surface area contributed by atoms with Crippen LogP contribution in [0.25, 0.3) is 6.08 Å². The summed E-state index contributed by atoms with van der Waals surface area (Å²) < 4.78 is 10.2. The summed E-state index contributed by atoms with van der Waals surface area (Å²) in [6, 6.07) is 1.76. The molecule has 0 spiro atoms. The van der Waals surface area contributed by atoms with E-state index in [0.29, 0.717) is 29.7 Å². The van der Waals surface area contributed by atoms with Gasteiger partial charge in [-0.25, -0.2) is 4.79 Å². The second-order valence-corrected chi connectivity index (χ2v) is 5.13. The van der Waals surface area contributed by atoms with Crippen molar-refractivity contribution < 1.29 is 19.4 Å². The van der Waals surface area contributed by atoms with Crippen LogP contribution < -0.4 is 4.74 Å². The Kier molecular flexibility index (Phi) is 6.70. The molecule has 1 aromatic rings. The molecule has 0 bridgehead atoms. The summed E-state index contributed by atoms with van der Waals surface area (Å²) in [6.07, 6.45) is 5.77. The molecule has 22 heavy (non-hydrogen) atoms. The number of hydrogen-bond donors (Lipinski definition) is 1. The monoisotopic (exact) mass is 304 g/mol. The van der Waals surface area contributed by atoms with Gasteiger partial charge in [-0.15, -0.1) is 6.58 Å². The number of phenolic OH excluding ortho intramolecular Hbond substituents is 1. The van der Waals surface area contributed by atoms with Gasteiger partial charge in [-0.2, -0.15) is 0 Å². The Bertz CT molecular complexity index is 585. The molecular formula is C18H24O4. The van der Waals surface area contributed by atoms with Crippen LogP contribution in [-0.2, 0) is 11.2 Å². The maximum absolute atomic E-state index is 12.0. The minimum atomic E-state index is -0.563. The predicted molar refractivity (Wildman–Crippen MR) is 88.5 cm³/mol. The van der Waals surface area contributed by atoms with Crippen LogP contribution in [0.4, 0.5) is 0 Å². The highest BCUT2D eigenvalue weighted by Gasteiger charge is 2.22. The number of ether oxygens (including phenoxy) is 2.